The summed E-state index contributed by atoms with van der Waals surface area (Å²) in [5.74, 6) is -2.38. The zero-order chi connectivity index (χ0) is 28.5. The van der Waals surface area contributed by atoms with E-state index in [0.29, 0.717) is 3.58 Å². The first-order valence-electron chi connectivity index (χ1n) is 12.3. The van der Waals surface area contributed by atoms with E-state index in [1.54, 1.807) is 121 Å². The molecule has 0 radical (unpaired) electrons. The Hall–Kier alpha value is -4.69. The van der Waals surface area contributed by atoms with E-state index in [0.717, 1.165) is 16.7 Å². The first kappa shape index (κ1) is 28.3. The van der Waals surface area contributed by atoms with E-state index in [1.807, 2.05) is 0 Å². The molecule has 0 amide bonds. The summed E-state index contributed by atoms with van der Waals surface area (Å²) < 4.78 is 18.3. The minimum absolute atomic E-state index is 0.195. The van der Waals surface area contributed by atoms with Crippen LogP contribution >= 0.6 is 0 Å². The Balaban J connectivity index is 1.78. The molecule has 0 fully saturated rings. The average molecular weight is 637 g/mol. The first-order valence-corrected chi connectivity index (χ1v) is 17.2. The fraction of sp³-hybridized carbons (Fsp3) is 0. The van der Waals surface area contributed by atoms with Crippen LogP contribution in [0.1, 0.15) is 47.8 Å². The van der Waals surface area contributed by atoms with Gasteiger partial charge in [0.1, 0.15) is 0 Å². The molecule has 6 nitrogen and oxygen atoms in total. The van der Waals surface area contributed by atoms with Gasteiger partial charge in [-0.05, 0) is 0 Å². The normalized spacial score (nSPS) is 10.6. The Morgan fingerprint density at radius 2 is 0.775 bits per heavy atom. The van der Waals surface area contributed by atoms with Crippen LogP contribution in [0.15, 0.2) is 123 Å². The molecule has 0 spiro atoms. The number of hydrogen-bond acceptors (Lipinski definition) is 6. The third-order valence-electron chi connectivity index (χ3n) is 5.95. The van der Waals surface area contributed by atoms with Gasteiger partial charge in [-0.25, -0.2) is 0 Å². The van der Waals surface area contributed by atoms with Gasteiger partial charge in [0.25, 0.3) is 0 Å². The second kappa shape index (κ2) is 12.9. The van der Waals surface area contributed by atoms with Crippen molar-refractivity contribution in [3.63, 3.8) is 0 Å². The molecule has 198 valence electrons. The average Bonchev–Trinajstić information content (AvgIpc) is 3.01. The molecule has 40 heavy (non-hydrogen) atoms. The first-order chi connectivity index (χ1) is 19.4. The minimum atomic E-state index is -5.62. The Bertz CT molecular complexity index is 1380. The molecular weight excluding hydrogens is 611 g/mol. The van der Waals surface area contributed by atoms with Gasteiger partial charge in [-0.3, -0.25) is 0 Å². The van der Waals surface area contributed by atoms with E-state index in [2.05, 4.69) is 19.7 Å². The summed E-state index contributed by atoms with van der Waals surface area (Å²) in [6.07, 6.45) is 4.92. The quantitative estimate of drug-likeness (QED) is 0.189. The Kier molecular flexibility index (Phi) is 9.14. The van der Waals surface area contributed by atoms with E-state index >= 15 is 0 Å². The molecule has 0 bridgehead atoms. The third-order valence-corrected chi connectivity index (χ3v) is 12.8. The van der Waals surface area contributed by atoms with Crippen LogP contribution in [0.25, 0.3) is 18.2 Å². The molecule has 0 saturated heterocycles. The van der Waals surface area contributed by atoms with Crippen LogP contribution < -0.4 is 3.58 Å². The molecular formula is C33H26O6Sn. The van der Waals surface area contributed by atoms with Gasteiger partial charge < -0.3 is 0 Å². The zero-order valence-corrected chi connectivity index (χ0v) is 24.5. The molecule has 0 aliphatic carbocycles. The van der Waals surface area contributed by atoms with Crippen molar-refractivity contribution in [2.24, 2.45) is 0 Å². The summed E-state index contributed by atoms with van der Waals surface area (Å²) >= 11 is -5.62. The van der Waals surface area contributed by atoms with Crippen molar-refractivity contribution < 1.29 is 23.6 Å². The van der Waals surface area contributed by atoms with Crippen molar-refractivity contribution >= 4 is 59.3 Å². The van der Waals surface area contributed by atoms with Crippen LogP contribution in [0.5, 0.6) is 0 Å². The molecule has 4 rings (SSSR count). The summed E-state index contributed by atoms with van der Waals surface area (Å²) in [5, 5.41) is 0. The summed E-state index contributed by atoms with van der Waals surface area (Å²) in [5.41, 5.74) is 3.00. The maximum atomic E-state index is 13.4. The van der Waals surface area contributed by atoms with Gasteiger partial charge in [0.15, 0.2) is 0 Å². The fourth-order valence-corrected chi connectivity index (χ4v) is 9.87. The van der Waals surface area contributed by atoms with Crippen LogP contribution in [0, 0.1) is 0 Å². The summed E-state index contributed by atoms with van der Waals surface area (Å²) in [7, 11) is 0. The maximum absolute atomic E-state index is 13.4. The summed E-state index contributed by atoms with van der Waals surface area (Å²) in [6, 6.07) is 27.9. The van der Waals surface area contributed by atoms with Gasteiger partial charge in [-0.1, -0.05) is 0 Å². The summed E-state index contributed by atoms with van der Waals surface area (Å²) in [6.45, 7) is 11.2. The number of benzene rings is 4. The van der Waals surface area contributed by atoms with Crippen molar-refractivity contribution in [2.45, 2.75) is 0 Å². The Morgan fingerprint density at radius 3 is 1.05 bits per heavy atom. The van der Waals surface area contributed by atoms with Gasteiger partial charge in [0.2, 0.25) is 0 Å². The van der Waals surface area contributed by atoms with Gasteiger partial charge in [-0.15, -0.1) is 0 Å². The monoisotopic (exact) mass is 638 g/mol. The summed E-state index contributed by atoms with van der Waals surface area (Å²) in [4.78, 5) is 40.3. The van der Waals surface area contributed by atoms with Crippen LogP contribution in [0.4, 0.5) is 0 Å². The van der Waals surface area contributed by atoms with Crippen molar-refractivity contribution in [3.8, 4) is 0 Å². The predicted octanol–water partition coefficient (Wildman–Crippen LogP) is 6.33. The standard InChI is InChI=1S/3C9H8O2.C6H5.Sn/c3*1-2-7-3-5-8(6-4-7)9(10)11;1-2-4-6-5-3-1;/h3*2-6H,1H2,(H,10,11);1-5H;/q;;;;+3/p-3. The number of rotatable bonds is 10. The molecule has 0 aliphatic heterocycles. The SMILES string of the molecule is C=Cc1ccc(C(=O)[O][Sn]([O]C(=O)c2ccc(C=C)cc2)([O]C(=O)c2ccc(C=C)cc2)[c]2ccccc2)cc1. The van der Waals surface area contributed by atoms with E-state index < -0.39 is 37.5 Å². The number of carbonyl (C=O) groups excluding carboxylic acids is 3. The Morgan fingerprint density at radius 1 is 0.475 bits per heavy atom. The van der Waals surface area contributed by atoms with E-state index in [1.165, 1.54) is 0 Å². The van der Waals surface area contributed by atoms with Crippen LogP contribution in [0.3, 0.4) is 0 Å². The molecule has 4 aromatic carbocycles. The van der Waals surface area contributed by atoms with E-state index in [4.69, 9.17) is 9.22 Å². The van der Waals surface area contributed by atoms with Gasteiger partial charge in [0, 0.05) is 0 Å². The van der Waals surface area contributed by atoms with Crippen LogP contribution in [-0.2, 0) is 9.22 Å². The van der Waals surface area contributed by atoms with Crippen molar-refractivity contribution in [3.05, 3.63) is 156 Å². The predicted molar refractivity (Wildman–Crippen MR) is 158 cm³/mol. The second-order valence-corrected chi connectivity index (χ2v) is 15.1. The second-order valence-electron chi connectivity index (χ2n) is 8.57. The molecule has 0 N–H and O–H groups in total. The van der Waals surface area contributed by atoms with Gasteiger partial charge in [0.05, 0.1) is 0 Å². The van der Waals surface area contributed by atoms with Crippen molar-refractivity contribution in [2.75, 3.05) is 0 Å². The fourth-order valence-electron chi connectivity index (χ4n) is 3.69. The molecule has 0 aliphatic rings. The Labute approximate surface area is 238 Å². The molecule has 0 atom stereocenters. The van der Waals surface area contributed by atoms with Gasteiger partial charge >= 0.3 is 239 Å². The van der Waals surface area contributed by atoms with E-state index in [-0.39, 0.29) is 16.7 Å². The molecule has 0 unspecified atom stereocenters. The molecule has 7 heteroatoms. The van der Waals surface area contributed by atoms with Crippen molar-refractivity contribution in [1.82, 2.24) is 0 Å². The third kappa shape index (κ3) is 6.65. The topological polar surface area (TPSA) is 78.9 Å². The molecule has 0 heterocycles. The van der Waals surface area contributed by atoms with Crippen molar-refractivity contribution in [1.29, 1.82) is 0 Å². The number of hydrogen-bond donors (Lipinski definition) is 0. The van der Waals surface area contributed by atoms with Crippen LogP contribution in [0.2, 0.25) is 0 Å². The van der Waals surface area contributed by atoms with Gasteiger partial charge in [-0.2, -0.15) is 0 Å². The molecule has 0 aromatic heterocycles. The van der Waals surface area contributed by atoms with Crippen LogP contribution in [-0.4, -0.2) is 37.5 Å². The molecule has 0 saturated carbocycles. The molecule has 4 aromatic rings. The van der Waals surface area contributed by atoms with E-state index in [9.17, 15) is 14.4 Å². The zero-order valence-electron chi connectivity index (χ0n) is 21.6. The number of carbonyl (C=O) groups is 3.